The summed E-state index contributed by atoms with van der Waals surface area (Å²) in [5.74, 6) is -0.440. The van der Waals surface area contributed by atoms with Gasteiger partial charge in [-0.2, -0.15) is 0 Å². The normalized spacial score (nSPS) is 12.8. The van der Waals surface area contributed by atoms with Crippen molar-refractivity contribution < 1.29 is 23.8 Å². The summed E-state index contributed by atoms with van der Waals surface area (Å²) in [6.07, 6.45) is 77.5. The molecule has 68 heavy (non-hydrogen) atoms. The lowest BCUT2D eigenvalue weighted by Gasteiger charge is -2.18. The summed E-state index contributed by atoms with van der Waals surface area (Å²) in [6, 6.07) is 0. The summed E-state index contributed by atoms with van der Waals surface area (Å²) >= 11 is 0. The van der Waals surface area contributed by atoms with Gasteiger partial charge in [0.2, 0.25) is 0 Å². The Kier molecular flexibility index (Phi) is 55.9. The molecule has 5 heteroatoms. The van der Waals surface area contributed by atoms with E-state index in [1.165, 1.54) is 148 Å². The van der Waals surface area contributed by atoms with Crippen molar-refractivity contribution in [1.29, 1.82) is 0 Å². The molecule has 0 aromatic heterocycles. The molecule has 0 saturated heterocycles. The van der Waals surface area contributed by atoms with Gasteiger partial charge in [-0.1, -0.05) is 234 Å². The van der Waals surface area contributed by atoms with Gasteiger partial charge in [-0.3, -0.25) is 9.59 Å². The largest absolute Gasteiger partial charge is 0.462 e. The van der Waals surface area contributed by atoms with Crippen LogP contribution in [0.3, 0.4) is 0 Å². The standard InChI is InChI=1S/C63H110O5/c1-4-7-10-13-16-19-22-25-28-30-32-33-36-38-41-44-47-50-53-56-62(64)67-60-61(68-63(65)57-54-51-48-45-42-39-35-27-24-21-18-15-12-9-6-3)59-66-58-55-52-49-46-43-40-37-34-31-29-26-23-20-17-14-11-8-5-2/h7,10,16,19,25-29,32-33,35,38,41,61H,4-6,8-9,11-15,17-18,20-24,30-31,34,36-37,39-40,42-60H2,1-3H3/b10-7-,19-16-,28-25-,29-26-,33-32-,35-27-,41-38-. The third-order valence-electron chi connectivity index (χ3n) is 12.4. The van der Waals surface area contributed by atoms with Gasteiger partial charge in [-0.15, -0.1) is 0 Å². The second-order valence-corrected chi connectivity index (χ2v) is 19.2. The van der Waals surface area contributed by atoms with Crippen LogP contribution in [0, 0.1) is 0 Å². The van der Waals surface area contributed by atoms with Gasteiger partial charge in [0, 0.05) is 19.4 Å². The molecule has 0 aromatic rings. The molecule has 0 N–H and O–H groups in total. The van der Waals surface area contributed by atoms with Crippen LogP contribution >= 0.6 is 0 Å². The van der Waals surface area contributed by atoms with Crippen molar-refractivity contribution in [3.63, 3.8) is 0 Å². The summed E-state index contributed by atoms with van der Waals surface area (Å²) in [5.41, 5.74) is 0. The van der Waals surface area contributed by atoms with Crippen molar-refractivity contribution in [2.45, 2.75) is 284 Å². The first kappa shape index (κ1) is 65.1. The Morgan fingerprint density at radius 1 is 0.338 bits per heavy atom. The van der Waals surface area contributed by atoms with Crippen molar-refractivity contribution in [1.82, 2.24) is 0 Å². The highest BCUT2D eigenvalue weighted by molar-refractivity contribution is 5.70. The van der Waals surface area contributed by atoms with Crippen molar-refractivity contribution in [2.75, 3.05) is 19.8 Å². The van der Waals surface area contributed by atoms with Crippen LogP contribution in [-0.2, 0) is 23.8 Å². The molecule has 0 aliphatic heterocycles. The second kappa shape index (κ2) is 58.4. The molecule has 0 spiro atoms. The molecule has 0 bridgehead atoms. The molecule has 0 radical (unpaired) electrons. The lowest BCUT2D eigenvalue weighted by atomic mass is 10.1. The molecule has 0 aromatic carbocycles. The SMILES string of the molecule is CC/C=C\C/C=C\C/C=C\C/C=C\C/C=C\CCCCCC(=O)OCC(COCCCCCCCCCC/C=C\CCCCCCCC)OC(=O)CCCCCCC/C=C\CCCCCCCC. The minimum absolute atomic E-state index is 0.0614. The molecule has 0 amide bonds. The Balaban J connectivity index is 4.35. The predicted octanol–water partition coefficient (Wildman–Crippen LogP) is 20.0. The van der Waals surface area contributed by atoms with E-state index in [-0.39, 0.29) is 25.2 Å². The summed E-state index contributed by atoms with van der Waals surface area (Å²) < 4.78 is 17.5. The lowest BCUT2D eigenvalue weighted by molar-refractivity contribution is -0.163. The molecule has 1 unspecified atom stereocenters. The predicted molar refractivity (Wildman–Crippen MR) is 297 cm³/mol. The molecule has 0 heterocycles. The molecule has 0 aliphatic carbocycles. The van der Waals surface area contributed by atoms with E-state index < -0.39 is 6.10 Å². The highest BCUT2D eigenvalue weighted by Crippen LogP contribution is 2.14. The lowest BCUT2D eigenvalue weighted by Crippen LogP contribution is -2.30. The average molecular weight is 948 g/mol. The van der Waals surface area contributed by atoms with E-state index >= 15 is 0 Å². The summed E-state index contributed by atoms with van der Waals surface area (Å²) in [4.78, 5) is 25.5. The third kappa shape index (κ3) is 55.7. The van der Waals surface area contributed by atoms with Gasteiger partial charge in [0.1, 0.15) is 6.61 Å². The van der Waals surface area contributed by atoms with Crippen LogP contribution in [-0.4, -0.2) is 37.9 Å². The van der Waals surface area contributed by atoms with Crippen LogP contribution in [0.1, 0.15) is 278 Å². The molecule has 0 saturated carbocycles. The van der Waals surface area contributed by atoms with E-state index in [1.54, 1.807) is 0 Å². The van der Waals surface area contributed by atoms with Crippen LogP contribution < -0.4 is 0 Å². The zero-order valence-electron chi connectivity index (χ0n) is 45.1. The second-order valence-electron chi connectivity index (χ2n) is 19.2. The average Bonchev–Trinajstić information content (AvgIpc) is 3.34. The first-order chi connectivity index (χ1) is 33.6. The highest BCUT2D eigenvalue weighted by atomic mass is 16.6. The van der Waals surface area contributed by atoms with Crippen LogP contribution in [0.2, 0.25) is 0 Å². The van der Waals surface area contributed by atoms with E-state index in [4.69, 9.17) is 14.2 Å². The zero-order valence-corrected chi connectivity index (χ0v) is 45.1. The summed E-state index contributed by atoms with van der Waals surface area (Å²) in [6.45, 7) is 7.68. The zero-order chi connectivity index (χ0) is 49.2. The van der Waals surface area contributed by atoms with Crippen molar-refractivity contribution in [3.8, 4) is 0 Å². The Bertz CT molecular complexity index is 1250. The Labute approximate surface area is 422 Å². The van der Waals surface area contributed by atoms with E-state index in [9.17, 15) is 9.59 Å². The number of carbonyl (C=O) groups excluding carboxylic acids is 2. The van der Waals surface area contributed by atoms with E-state index in [0.29, 0.717) is 19.4 Å². The number of rotatable bonds is 53. The number of carbonyl (C=O) groups is 2. The summed E-state index contributed by atoms with van der Waals surface area (Å²) in [7, 11) is 0. The van der Waals surface area contributed by atoms with Crippen molar-refractivity contribution in [3.05, 3.63) is 85.1 Å². The van der Waals surface area contributed by atoms with Crippen LogP contribution in [0.5, 0.6) is 0 Å². The third-order valence-corrected chi connectivity index (χ3v) is 12.4. The maximum atomic E-state index is 12.9. The fourth-order valence-electron chi connectivity index (χ4n) is 8.06. The molecular weight excluding hydrogens is 837 g/mol. The number of ether oxygens (including phenoxy) is 3. The van der Waals surface area contributed by atoms with Crippen molar-refractivity contribution >= 4 is 11.9 Å². The molecule has 0 fully saturated rings. The van der Waals surface area contributed by atoms with Gasteiger partial charge < -0.3 is 14.2 Å². The maximum Gasteiger partial charge on any atom is 0.306 e. The Hall–Kier alpha value is -2.92. The molecule has 0 rings (SSSR count). The quantitative estimate of drug-likeness (QED) is 0.0345. The molecule has 0 aliphatic rings. The van der Waals surface area contributed by atoms with Gasteiger partial charge in [0.25, 0.3) is 0 Å². The van der Waals surface area contributed by atoms with Gasteiger partial charge in [0.05, 0.1) is 6.61 Å². The van der Waals surface area contributed by atoms with Crippen LogP contribution in [0.15, 0.2) is 85.1 Å². The molecule has 5 nitrogen and oxygen atoms in total. The Morgan fingerprint density at radius 2 is 0.662 bits per heavy atom. The fourth-order valence-corrected chi connectivity index (χ4v) is 8.06. The molecule has 1 atom stereocenters. The van der Waals surface area contributed by atoms with Crippen molar-refractivity contribution in [2.24, 2.45) is 0 Å². The van der Waals surface area contributed by atoms with E-state index in [1.807, 2.05) is 0 Å². The highest BCUT2D eigenvalue weighted by Gasteiger charge is 2.17. The van der Waals surface area contributed by atoms with Gasteiger partial charge >= 0.3 is 11.9 Å². The molecular formula is C63H110O5. The topological polar surface area (TPSA) is 61.8 Å². The fraction of sp³-hybridized carbons (Fsp3) is 0.746. The first-order valence-electron chi connectivity index (χ1n) is 29.1. The van der Waals surface area contributed by atoms with Gasteiger partial charge in [0.15, 0.2) is 6.10 Å². The van der Waals surface area contributed by atoms with Gasteiger partial charge in [-0.25, -0.2) is 0 Å². The minimum Gasteiger partial charge on any atom is -0.462 e. The summed E-state index contributed by atoms with van der Waals surface area (Å²) in [5, 5.41) is 0. The maximum absolute atomic E-state index is 12.9. The number of unbranched alkanes of at least 4 members (excludes halogenated alkanes) is 28. The Morgan fingerprint density at radius 3 is 1.09 bits per heavy atom. The molecule has 392 valence electrons. The first-order valence-corrected chi connectivity index (χ1v) is 29.1. The van der Waals surface area contributed by atoms with Crippen LogP contribution in [0.4, 0.5) is 0 Å². The monoisotopic (exact) mass is 947 g/mol. The van der Waals surface area contributed by atoms with Crippen LogP contribution in [0.25, 0.3) is 0 Å². The smallest absolute Gasteiger partial charge is 0.306 e. The number of allylic oxidation sites excluding steroid dienone is 14. The van der Waals surface area contributed by atoms with E-state index in [2.05, 4.69) is 106 Å². The number of esters is 2. The van der Waals surface area contributed by atoms with Gasteiger partial charge in [-0.05, 0) is 116 Å². The number of hydrogen-bond donors (Lipinski definition) is 0. The minimum atomic E-state index is -0.560. The number of hydrogen-bond acceptors (Lipinski definition) is 5. The van der Waals surface area contributed by atoms with E-state index in [0.717, 1.165) is 96.3 Å².